The van der Waals surface area contributed by atoms with Crippen molar-refractivity contribution < 1.29 is 4.79 Å². The minimum absolute atomic E-state index is 0.368. The molecule has 0 aromatic rings. The minimum Gasteiger partial charge on any atom is -0.353 e. The summed E-state index contributed by atoms with van der Waals surface area (Å²) in [5, 5.41) is 2.45. The van der Waals surface area contributed by atoms with Gasteiger partial charge < -0.3 is 5.32 Å². The predicted octanol–water partition coefficient (Wildman–Crippen LogP) is 0.836. The molecule has 2 nitrogen and oxygen atoms in total. The summed E-state index contributed by atoms with van der Waals surface area (Å²) >= 11 is 14.2. The lowest BCUT2D eigenvalue weighted by molar-refractivity contribution is -0.119. The first-order valence-electron chi connectivity index (χ1n) is 2.35. The van der Waals surface area contributed by atoms with Crippen molar-refractivity contribution in [2.45, 2.75) is 4.84 Å². The molecule has 0 aliphatic rings. The Balaban J connectivity index is 3.28. The Kier molecular flexibility index (Phi) is 5.44. The average Bonchev–Trinajstić information content (AvgIpc) is 1.82. The van der Waals surface area contributed by atoms with Gasteiger partial charge in [-0.3, -0.25) is 4.79 Å². The zero-order chi connectivity index (χ0) is 7.28. The normalized spacial score (nSPS) is 9.78. The van der Waals surface area contributed by atoms with Crippen LogP contribution in [0.4, 0.5) is 0 Å². The third-order valence-corrected chi connectivity index (χ3v) is 1.23. The molecule has 0 aromatic heterocycles. The van der Waals surface area contributed by atoms with Crippen molar-refractivity contribution in [3.05, 3.63) is 0 Å². The Labute approximate surface area is 69.3 Å². The van der Waals surface area contributed by atoms with Crippen LogP contribution >= 0.6 is 35.8 Å². The first-order valence-corrected chi connectivity index (χ1v) is 3.85. The monoisotopic (exact) mass is 187 g/mol. The molecule has 0 rings (SSSR count). The maximum absolute atomic E-state index is 10.5. The second kappa shape index (κ2) is 5.21. The number of rotatable bonds is 3. The van der Waals surface area contributed by atoms with Crippen molar-refractivity contribution in [2.75, 3.05) is 12.3 Å². The van der Waals surface area contributed by atoms with Crippen molar-refractivity contribution in [3.8, 4) is 0 Å². The largest absolute Gasteiger partial charge is 0.353 e. The van der Waals surface area contributed by atoms with Crippen molar-refractivity contribution in [1.82, 2.24) is 5.32 Å². The van der Waals surface area contributed by atoms with Crippen LogP contribution in [0.3, 0.4) is 0 Å². The molecule has 0 spiro atoms. The van der Waals surface area contributed by atoms with E-state index in [1.54, 1.807) is 0 Å². The Morgan fingerprint density at radius 1 is 1.67 bits per heavy atom. The Bertz CT molecular complexity index is 98.6. The van der Waals surface area contributed by atoms with Crippen LogP contribution in [0.15, 0.2) is 0 Å². The van der Waals surface area contributed by atoms with Gasteiger partial charge in [0.2, 0.25) is 0 Å². The lowest BCUT2D eigenvalue weighted by atomic mass is 10.6. The fourth-order valence-electron chi connectivity index (χ4n) is 0.256. The van der Waals surface area contributed by atoms with E-state index < -0.39 is 4.84 Å². The number of amides is 1. The van der Waals surface area contributed by atoms with Crippen molar-refractivity contribution >= 4 is 41.7 Å². The number of alkyl halides is 2. The summed E-state index contributed by atoms with van der Waals surface area (Å²) in [6.45, 7) is 0.498. The third-order valence-electron chi connectivity index (χ3n) is 0.609. The molecule has 0 aliphatic carbocycles. The molecule has 54 valence electrons. The first kappa shape index (κ1) is 9.40. The number of halogens is 2. The summed E-state index contributed by atoms with van der Waals surface area (Å²) in [7, 11) is 0. The van der Waals surface area contributed by atoms with E-state index in [1.807, 2.05) is 0 Å². The van der Waals surface area contributed by atoms with Gasteiger partial charge >= 0.3 is 0 Å². The Morgan fingerprint density at radius 3 is 2.56 bits per heavy atom. The highest BCUT2D eigenvalue weighted by Crippen LogP contribution is 1.99. The van der Waals surface area contributed by atoms with E-state index in [0.29, 0.717) is 12.3 Å². The maximum Gasteiger partial charge on any atom is 0.253 e. The van der Waals surface area contributed by atoms with E-state index in [2.05, 4.69) is 17.9 Å². The maximum atomic E-state index is 10.5. The van der Waals surface area contributed by atoms with Gasteiger partial charge in [-0.25, -0.2) is 0 Å². The van der Waals surface area contributed by atoms with Crippen LogP contribution in [0, 0.1) is 0 Å². The van der Waals surface area contributed by atoms with Crippen LogP contribution in [-0.2, 0) is 4.79 Å². The topological polar surface area (TPSA) is 29.1 Å². The highest BCUT2D eigenvalue weighted by atomic mass is 35.5. The molecule has 1 N–H and O–H groups in total. The number of nitrogens with one attached hydrogen (secondary N) is 1. The van der Waals surface area contributed by atoms with E-state index in [-0.39, 0.29) is 5.91 Å². The molecule has 9 heavy (non-hydrogen) atoms. The predicted molar refractivity (Wildman–Crippen MR) is 42.4 cm³/mol. The van der Waals surface area contributed by atoms with Gasteiger partial charge in [-0.05, 0) is 0 Å². The van der Waals surface area contributed by atoms with E-state index in [4.69, 9.17) is 23.2 Å². The number of hydrogen-bond donors (Lipinski definition) is 2. The molecule has 0 radical (unpaired) electrons. The van der Waals surface area contributed by atoms with Crippen LogP contribution < -0.4 is 5.32 Å². The third kappa shape index (κ3) is 4.88. The fourth-order valence-corrected chi connectivity index (χ4v) is 0.522. The summed E-state index contributed by atoms with van der Waals surface area (Å²) in [4.78, 5) is 9.53. The van der Waals surface area contributed by atoms with Crippen molar-refractivity contribution in [1.29, 1.82) is 0 Å². The number of hydrogen-bond acceptors (Lipinski definition) is 2. The molecule has 0 saturated heterocycles. The van der Waals surface area contributed by atoms with E-state index >= 15 is 0 Å². The lowest BCUT2D eigenvalue weighted by Crippen LogP contribution is -2.29. The number of carbonyl (C=O) groups is 1. The quantitative estimate of drug-likeness (QED) is 0.498. The number of thiol groups is 1. The summed E-state index contributed by atoms with van der Waals surface area (Å²) in [5.41, 5.74) is 0. The van der Waals surface area contributed by atoms with Crippen molar-refractivity contribution in [3.63, 3.8) is 0 Å². The highest BCUT2D eigenvalue weighted by molar-refractivity contribution is 7.80. The second-order valence-electron chi connectivity index (χ2n) is 1.32. The van der Waals surface area contributed by atoms with E-state index in [0.717, 1.165) is 0 Å². The Morgan fingerprint density at radius 2 is 2.22 bits per heavy atom. The molecule has 0 aliphatic heterocycles. The molecule has 5 heteroatoms. The van der Waals surface area contributed by atoms with Gasteiger partial charge in [0.1, 0.15) is 0 Å². The van der Waals surface area contributed by atoms with Gasteiger partial charge in [-0.2, -0.15) is 12.6 Å². The summed E-state index contributed by atoms with van der Waals surface area (Å²) in [5.74, 6) is 0.221. The highest BCUT2D eigenvalue weighted by Gasteiger charge is 2.08. The summed E-state index contributed by atoms with van der Waals surface area (Å²) in [6, 6.07) is 0. The smallest absolute Gasteiger partial charge is 0.253 e. The van der Waals surface area contributed by atoms with Gasteiger partial charge in [-0.15, -0.1) is 0 Å². The zero-order valence-electron chi connectivity index (χ0n) is 4.60. The first-order chi connectivity index (χ1) is 4.18. The minimum atomic E-state index is -0.968. The van der Waals surface area contributed by atoms with E-state index in [9.17, 15) is 4.79 Å². The lowest BCUT2D eigenvalue weighted by Gasteiger charge is -2.00. The molecule has 0 fully saturated rings. The SMILES string of the molecule is O=C(NCCS)C(Cl)Cl. The summed E-state index contributed by atoms with van der Waals surface area (Å²) in [6.07, 6.45) is 0. The zero-order valence-corrected chi connectivity index (χ0v) is 7.01. The molecule has 0 atom stereocenters. The molecular weight excluding hydrogens is 181 g/mol. The summed E-state index contributed by atoms with van der Waals surface area (Å²) < 4.78 is 0. The van der Waals surface area contributed by atoms with Crippen LogP contribution in [0.2, 0.25) is 0 Å². The van der Waals surface area contributed by atoms with Crippen LogP contribution in [0.25, 0.3) is 0 Å². The van der Waals surface area contributed by atoms with Crippen LogP contribution in [0.1, 0.15) is 0 Å². The molecule has 0 saturated carbocycles. The fraction of sp³-hybridized carbons (Fsp3) is 0.750. The molecule has 0 heterocycles. The standard InChI is InChI=1S/C4H7Cl2NOS/c5-3(6)4(8)7-1-2-9/h3,9H,1-2H2,(H,7,8). The van der Waals surface area contributed by atoms with Crippen LogP contribution in [-0.4, -0.2) is 23.0 Å². The molecular formula is C4H7Cl2NOS. The van der Waals surface area contributed by atoms with Gasteiger partial charge in [0.15, 0.2) is 4.84 Å². The van der Waals surface area contributed by atoms with E-state index in [1.165, 1.54) is 0 Å². The molecule has 0 bridgehead atoms. The van der Waals surface area contributed by atoms with Gasteiger partial charge in [0.25, 0.3) is 5.91 Å². The second-order valence-corrected chi connectivity index (χ2v) is 2.86. The number of carbonyl (C=O) groups excluding carboxylic acids is 1. The molecule has 1 amide bonds. The van der Waals surface area contributed by atoms with Gasteiger partial charge in [-0.1, -0.05) is 23.2 Å². The molecule has 0 unspecified atom stereocenters. The van der Waals surface area contributed by atoms with Crippen molar-refractivity contribution in [2.24, 2.45) is 0 Å². The average molecular weight is 188 g/mol. The van der Waals surface area contributed by atoms with Crippen LogP contribution in [0.5, 0.6) is 0 Å². The Hall–Kier alpha value is 0.400. The van der Waals surface area contributed by atoms with Gasteiger partial charge in [0, 0.05) is 12.3 Å². The van der Waals surface area contributed by atoms with Gasteiger partial charge in [0.05, 0.1) is 0 Å². The molecule has 0 aromatic carbocycles.